The van der Waals surface area contributed by atoms with Crippen molar-refractivity contribution in [1.29, 1.82) is 0 Å². The molecule has 0 atom stereocenters. The Kier molecular flexibility index (Phi) is 7.10. The number of rotatable bonds is 8. The highest BCUT2D eigenvalue weighted by Gasteiger charge is 2.18. The molecule has 4 nitrogen and oxygen atoms in total. The predicted octanol–water partition coefficient (Wildman–Crippen LogP) is 3.61. The van der Waals surface area contributed by atoms with Gasteiger partial charge in [-0.15, -0.1) is 0 Å². The molecule has 0 heterocycles. The number of likely N-dealkylation sites (N-methyl/N-ethyl adjacent to an activating group) is 1. The van der Waals surface area contributed by atoms with Gasteiger partial charge in [0.2, 0.25) is 0 Å². The second-order valence-electron chi connectivity index (χ2n) is 6.46. The zero-order valence-corrected chi connectivity index (χ0v) is 16.1. The topological polar surface area (TPSA) is 49.4 Å². The molecule has 1 N–H and O–H groups in total. The van der Waals surface area contributed by atoms with Gasteiger partial charge >= 0.3 is 0 Å². The molecule has 0 aliphatic carbocycles. The fourth-order valence-corrected chi connectivity index (χ4v) is 2.88. The molecule has 0 radical (unpaired) electrons. The van der Waals surface area contributed by atoms with E-state index in [4.69, 9.17) is 0 Å². The molecule has 0 saturated carbocycles. The van der Waals surface area contributed by atoms with Crippen molar-refractivity contribution >= 4 is 11.7 Å². The first-order valence-electron chi connectivity index (χ1n) is 9.19. The molecule has 1 amide bonds. The molecule has 2 aromatic carbocycles. The standard InChI is InChI=1S/C22H28N2O2/c1-5-24(6-2)14-13-23-22(26)20-10-8-7-9-19(20)21(25)18-12-11-16(3)17(4)15-18/h7-12,15H,5-6,13-14H2,1-4H3,(H,23,26). The van der Waals surface area contributed by atoms with Crippen LogP contribution in [0, 0.1) is 13.8 Å². The summed E-state index contributed by atoms with van der Waals surface area (Å²) in [6, 6.07) is 12.6. The van der Waals surface area contributed by atoms with Gasteiger partial charge in [0.1, 0.15) is 0 Å². The van der Waals surface area contributed by atoms with Gasteiger partial charge in [0, 0.05) is 24.2 Å². The van der Waals surface area contributed by atoms with Crippen LogP contribution in [0.3, 0.4) is 0 Å². The third kappa shape index (κ3) is 4.79. The van der Waals surface area contributed by atoms with Crippen LogP contribution in [0.5, 0.6) is 0 Å². The Morgan fingerprint density at radius 3 is 2.19 bits per heavy atom. The van der Waals surface area contributed by atoms with E-state index in [9.17, 15) is 9.59 Å². The van der Waals surface area contributed by atoms with E-state index in [-0.39, 0.29) is 11.7 Å². The average molecular weight is 352 g/mol. The first kappa shape index (κ1) is 19.9. The Morgan fingerprint density at radius 1 is 0.923 bits per heavy atom. The fraction of sp³-hybridized carbons (Fsp3) is 0.364. The van der Waals surface area contributed by atoms with Gasteiger partial charge in [0.15, 0.2) is 5.78 Å². The molecule has 0 unspecified atom stereocenters. The normalized spacial score (nSPS) is 10.8. The number of nitrogens with zero attached hydrogens (tertiary/aromatic N) is 1. The van der Waals surface area contributed by atoms with Gasteiger partial charge in [-0.2, -0.15) is 0 Å². The van der Waals surface area contributed by atoms with Gasteiger partial charge in [-0.25, -0.2) is 0 Å². The summed E-state index contributed by atoms with van der Waals surface area (Å²) in [5.74, 6) is -0.326. The van der Waals surface area contributed by atoms with E-state index < -0.39 is 0 Å². The number of ketones is 1. The van der Waals surface area contributed by atoms with Gasteiger partial charge in [-0.3, -0.25) is 9.59 Å². The molecule has 2 aromatic rings. The molecular weight excluding hydrogens is 324 g/mol. The number of hydrogen-bond acceptors (Lipinski definition) is 3. The molecule has 0 fully saturated rings. The number of aryl methyl sites for hydroxylation is 2. The smallest absolute Gasteiger partial charge is 0.252 e. The van der Waals surface area contributed by atoms with Crippen LogP contribution in [-0.2, 0) is 0 Å². The number of hydrogen-bond donors (Lipinski definition) is 1. The largest absolute Gasteiger partial charge is 0.351 e. The minimum atomic E-state index is -0.204. The molecule has 0 aliphatic rings. The Labute approximate surface area is 156 Å². The third-order valence-corrected chi connectivity index (χ3v) is 4.79. The van der Waals surface area contributed by atoms with Crippen LogP contribution in [0.2, 0.25) is 0 Å². The maximum absolute atomic E-state index is 12.9. The van der Waals surface area contributed by atoms with Crippen LogP contribution < -0.4 is 5.32 Å². The molecule has 0 saturated heterocycles. The molecular formula is C22H28N2O2. The zero-order valence-electron chi connectivity index (χ0n) is 16.1. The predicted molar refractivity (Wildman–Crippen MR) is 106 cm³/mol. The Bertz CT molecular complexity index is 779. The monoisotopic (exact) mass is 352 g/mol. The van der Waals surface area contributed by atoms with Crippen molar-refractivity contribution in [3.8, 4) is 0 Å². The van der Waals surface area contributed by atoms with Gasteiger partial charge in [0.25, 0.3) is 5.91 Å². The van der Waals surface area contributed by atoms with E-state index in [1.165, 1.54) is 0 Å². The zero-order chi connectivity index (χ0) is 19.1. The molecule has 0 aliphatic heterocycles. The van der Waals surface area contributed by atoms with E-state index in [2.05, 4.69) is 24.1 Å². The molecule has 26 heavy (non-hydrogen) atoms. The lowest BCUT2D eigenvalue weighted by Crippen LogP contribution is -2.35. The highest BCUT2D eigenvalue weighted by atomic mass is 16.2. The third-order valence-electron chi connectivity index (χ3n) is 4.79. The summed E-state index contributed by atoms with van der Waals surface area (Å²) < 4.78 is 0. The van der Waals surface area contributed by atoms with Crippen LogP contribution in [0.4, 0.5) is 0 Å². The maximum atomic E-state index is 12.9. The maximum Gasteiger partial charge on any atom is 0.252 e. The molecule has 0 bridgehead atoms. The first-order chi connectivity index (χ1) is 12.5. The summed E-state index contributed by atoms with van der Waals surface area (Å²) in [5, 5.41) is 2.93. The van der Waals surface area contributed by atoms with Crippen LogP contribution in [0.25, 0.3) is 0 Å². The summed E-state index contributed by atoms with van der Waals surface area (Å²) in [5.41, 5.74) is 3.68. The molecule has 0 aromatic heterocycles. The fourth-order valence-electron chi connectivity index (χ4n) is 2.88. The van der Waals surface area contributed by atoms with Gasteiger partial charge < -0.3 is 10.2 Å². The van der Waals surface area contributed by atoms with Crippen molar-refractivity contribution in [2.24, 2.45) is 0 Å². The summed E-state index contributed by atoms with van der Waals surface area (Å²) in [7, 11) is 0. The van der Waals surface area contributed by atoms with Crippen LogP contribution >= 0.6 is 0 Å². The van der Waals surface area contributed by atoms with Crippen LogP contribution in [0.15, 0.2) is 42.5 Å². The van der Waals surface area contributed by atoms with E-state index in [0.717, 1.165) is 30.8 Å². The van der Waals surface area contributed by atoms with Crippen molar-refractivity contribution in [3.63, 3.8) is 0 Å². The van der Waals surface area contributed by atoms with Gasteiger partial charge in [-0.05, 0) is 50.2 Å². The molecule has 138 valence electrons. The number of carbonyl (C=O) groups is 2. The van der Waals surface area contributed by atoms with Crippen molar-refractivity contribution in [3.05, 3.63) is 70.3 Å². The van der Waals surface area contributed by atoms with Crippen LogP contribution in [-0.4, -0.2) is 42.8 Å². The quantitative estimate of drug-likeness (QED) is 0.739. The number of carbonyl (C=O) groups excluding carboxylic acids is 2. The average Bonchev–Trinajstić information content (AvgIpc) is 2.66. The lowest BCUT2D eigenvalue weighted by atomic mass is 9.95. The number of benzene rings is 2. The second-order valence-corrected chi connectivity index (χ2v) is 6.46. The highest BCUT2D eigenvalue weighted by Crippen LogP contribution is 2.17. The Morgan fingerprint density at radius 2 is 1.58 bits per heavy atom. The summed E-state index contributed by atoms with van der Waals surface area (Å²) in [6.07, 6.45) is 0. The highest BCUT2D eigenvalue weighted by molar-refractivity contribution is 6.15. The van der Waals surface area contributed by atoms with E-state index in [1.54, 1.807) is 24.3 Å². The SMILES string of the molecule is CCN(CC)CCNC(=O)c1ccccc1C(=O)c1ccc(C)c(C)c1. The number of nitrogens with one attached hydrogen (secondary N) is 1. The van der Waals surface area contributed by atoms with E-state index >= 15 is 0 Å². The lowest BCUT2D eigenvalue weighted by Gasteiger charge is -2.18. The summed E-state index contributed by atoms with van der Waals surface area (Å²) in [4.78, 5) is 27.8. The van der Waals surface area contributed by atoms with E-state index in [1.807, 2.05) is 32.0 Å². The minimum absolute atomic E-state index is 0.123. The molecule has 0 spiro atoms. The van der Waals surface area contributed by atoms with Gasteiger partial charge in [-0.1, -0.05) is 44.2 Å². The van der Waals surface area contributed by atoms with Crippen molar-refractivity contribution in [2.75, 3.05) is 26.2 Å². The van der Waals surface area contributed by atoms with Crippen molar-refractivity contribution in [1.82, 2.24) is 10.2 Å². The second kappa shape index (κ2) is 9.30. The van der Waals surface area contributed by atoms with Crippen LogP contribution in [0.1, 0.15) is 51.3 Å². The lowest BCUT2D eigenvalue weighted by molar-refractivity contribution is 0.0938. The van der Waals surface area contributed by atoms with E-state index in [0.29, 0.717) is 23.2 Å². The first-order valence-corrected chi connectivity index (χ1v) is 9.19. The number of amides is 1. The summed E-state index contributed by atoms with van der Waals surface area (Å²) >= 11 is 0. The summed E-state index contributed by atoms with van der Waals surface area (Å²) in [6.45, 7) is 11.5. The Hall–Kier alpha value is -2.46. The molecule has 2 rings (SSSR count). The minimum Gasteiger partial charge on any atom is -0.351 e. The molecule has 4 heteroatoms. The van der Waals surface area contributed by atoms with Crippen molar-refractivity contribution < 1.29 is 9.59 Å². The Balaban J connectivity index is 2.17. The van der Waals surface area contributed by atoms with Gasteiger partial charge in [0.05, 0.1) is 5.56 Å². The van der Waals surface area contributed by atoms with Crippen molar-refractivity contribution in [2.45, 2.75) is 27.7 Å².